The van der Waals surface area contributed by atoms with E-state index in [1.807, 2.05) is 6.92 Å². The number of ether oxygens (including phenoxy) is 2. The molecule has 0 aliphatic rings. The van der Waals surface area contributed by atoms with Gasteiger partial charge in [0.15, 0.2) is 6.61 Å². The zero-order valence-electron chi connectivity index (χ0n) is 16.4. The summed E-state index contributed by atoms with van der Waals surface area (Å²) in [5.41, 5.74) is 1.31. The maximum atomic E-state index is 12.3. The number of aryl methyl sites for hydroxylation is 1. The van der Waals surface area contributed by atoms with E-state index in [1.54, 1.807) is 42.5 Å². The minimum atomic E-state index is -1.03. The fourth-order valence-corrected chi connectivity index (χ4v) is 2.68. The van der Waals surface area contributed by atoms with Gasteiger partial charge in [-0.15, -0.1) is 0 Å². The van der Waals surface area contributed by atoms with Crippen LogP contribution in [0.3, 0.4) is 0 Å². The lowest BCUT2D eigenvalue weighted by atomic mass is 10.2. The first kappa shape index (κ1) is 21.3. The maximum absolute atomic E-state index is 12.3. The van der Waals surface area contributed by atoms with Crippen molar-refractivity contribution < 1.29 is 24.2 Å². The van der Waals surface area contributed by atoms with Gasteiger partial charge in [0.2, 0.25) is 0 Å². The van der Waals surface area contributed by atoms with Crippen LogP contribution in [0.1, 0.15) is 48.5 Å². The summed E-state index contributed by atoms with van der Waals surface area (Å²) >= 11 is 0. The molecule has 0 saturated carbocycles. The molecule has 0 unspecified atom stereocenters. The van der Waals surface area contributed by atoms with Gasteiger partial charge >= 0.3 is 5.97 Å². The molecule has 2 rings (SSSR count). The molecule has 150 valence electrons. The number of aliphatic carboxylic acids is 1. The van der Waals surface area contributed by atoms with Crippen LogP contribution < -0.4 is 14.8 Å². The third-order valence-electron chi connectivity index (χ3n) is 4.15. The summed E-state index contributed by atoms with van der Waals surface area (Å²) in [6, 6.07) is 12.1. The van der Waals surface area contributed by atoms with E-state index in [0.717, 1.165) is 18.4 Å². The van der Waals surface area contributed by atoms with Crippen molar-refractivity contribution in [3.63, 3.8) is 0 Å². The molecule has 0 heterocycles. The fourth-order valence-electron chi connectivity index (χ4n) is 2.68. The van der Waals surface area contributed by atoms with Gasteiger partial charge < -0.3 is 19.9 Å². The van der Waals surface area contributed by atoms with E-state index in [4.69, 9.17) is 14.6 Å². The van der Waals surface area contributed by atoms with Crippen molar-refractivity contribution >= 4 is 11.9 Å². The SMILES string of the molecule is CCCCCCNC(=O)c1cccc(Oc2ccc(OCC(=O)O)c(C)c2)c1. The highest BCUT2D eigenvalue weighted by Gasteiger charge is 2.08. The number of hydrogen-bond donors (Lipinski definition) is 2. The summed E-state index contributed by atoms with van der Waals surface area (Å²) in [5, 5.41) is 11.6. The van der Waals surface area contributed by atoms with Gasteiger partial charge in [-0.25, -0.2) is 4.79 Å². The number of nitrogens with one attached hydrogen (secondary N) is 1. The molecule has 0 bridgehead atoms. The molecule has 6 heteroatoms. The first-order chi connectivity index (χ1) is 13.5. The van der Waals surface area contributed by atoms with Crippen LogP contribution in [0.2, 0.25) is 0 Å². The second-order valence-corrected chi connectivity index (χ2v) is 6.56. The average molecular weight is 385 g/mol. The van der Waals surface area contributed by atoms with E-state index >= 15 is 0 Å². The molecule has 0 fully saturated rings. The Kier molecular flexibility index (Phi) is 8.34. The summed E-state index contributed by atoms with van der Waals surface area (Å²) < 4.78 is 11.0. The van der Waals surface area contributed by atoms with Crippen LogP contribution in [0.25, 0.3) is 0 Å². The highest BCUT2D eigenvalue weighted by atomic mass is 16.5. The van der Waals surface area contributed by atoms with Crippen LogP contribution in [0.4, 0.5) is 0 Å². The molecule has 0 aliphatic heterocycles. The zero-order chi connectivity index (χ0) is 20.4. The average Bonchev–Trinajstić information content (AvgIpc) is 2.67. The lowest BCUT2D eigenvalue weighted by Crippen LogP contribution is -2.24. The van der Waals surface area contributed by atoms with Gasteiger partial charge in [0, 0.05) is 12.1 Å². The standard InChI is InChI=1S/C22H27NO5/c1-3-4-5-6-12-23-22(26)17-8-7-9-18(14-17)28-19-10-11-20(16(2)13-19)27-15-21(24)25/h7-11,13-14H,3-6,12,15H2,1-2H3,(H,23,26)(H,24,25). The molecule has 0 radical (unpaired) electrons. The van der Waals surface area contributed by atoms with Crippen LogP contribution in [-0.2, 0) is 4.79 Å². The van der Waals surface area contributed by atoms with Crippen LogP contribution in [0.15, 0.2) is 42.5 Å². The number of rotatable bonds is 11. The quantitative estimate of drug-likeness (QED) is 0.554. The Morgan fingerprint density at radius 1 is 1.04 bits per heavy atom. The van der Waals surface area contributed by atoms with Crippen LogP contribution >= 0.6 is 0 Å². The second-order valence-electron chi connectivity index (χ2n) is 6.56. The fraction of sp³-hybridized carbons (Fsp3) is 0.364. The molecule has 0 aromatic heterocycles. The molecule has 0 spiro atoms. The number of carboxylic acid groups (broad SMARTS) is 1. The van der Waals surface area contributed by atoms with Crippen molar-refractivity contribution in [3.05, 3.63) is 53.6 Å². The molecule has 2 aromatic rings. The van der Waals surface area contributed by atoms with Crippen molar-refractivity contribution in [2.24, 2.45) is 0 Å². The molecule has 2 N–H and O–H groups in total. The molecule has 6 nitrogen and oxygen atoms in total. The van der Waals surface area contributed by atoms with Crippen LogP contribution in [-0.4, -0.2) is 30.1 Å². The Bertz CT molecular complexity index is 803. The Morgan fingerprint density at radius 2 is 1.82 bits per heavy atom. The number of amides is 1. The third-order valence-corrected chi connectivity index (χ3v) is 4.15. The Morgan fingerprint density at radius 3 is 2.54 bits per heavy atom. The molecule has 0 atom stereocenters. The number of carbonyl (C=O) groups is 2. The van der Waals surface area contributed by atoms with Crippen molar-refractivity contribution in [1.82, 2.24) is 5.32 Å². The summed E-state index contributed by atoms with van der Waals surface area (Å²) in [5.74, 6) is 0.483. The van der Waals surface area contributed by atoms with Gasteiger partial charge in [-0.1, -0.05) is 32.3 Å². The zero-order valence-corrected chi connectivity index (χ0v) is 16.4. The van der Waals surface area contributed by atoms with Gasteiger partial charge in [-0.3, -0.25) is 4.79 Å². The molecule has 28 heavy (non-hydrogen) atoms. The van der Waals surface area contributed by atoms with E-state index < -0.39 is 12.6 Å². The topological polar surface area (TPSA) is 84.9 Å². The highest BCUT2D eigenvalue weighted by molar-refractivity contribution is 5.94. The number of hydrogen-bond acceptors (Lipinski definition) is 4. The summed E-state index contributed by atoms with van der Waals surface area (Å²) in [6.45, 7) is 4.24. The van der Waals surface area contributed by atoms with Crippen molar-refractivity contribution in [2.75, 3.05) is 13.2 Å². The molecule has 0 saturated heterocycles. The Labute approximate surface area is 165 Å². The Hall–Kier alpha value is -3.02. The first-order valence-corrected chi connectivity index (χ1v) is 9.51. The van der Waals surface area contributed by atoms with Crippen molar-refractivity contribution in [1.29, 1.82) is 0 Å². The third kappa shape index (κ3) is 6.95. The maximum Gasteiger partial charge on any atom is 0.341 e. The first-order valence-electron chi connectivity index (χ1n) is 9.51. The minimum absolute atomic E-state index is 0.115. The molecule has 0 aliphatic carbocycles. The summed E-state index contributed by atoms with van der Waals surface area (Å²) in [6.07, 6.45) is 4.44. The van der Waals surface area contributed by atoms with Gasteiger partial charge in [0.1, 0.15) is 17.2 Å². The van der Waals surface area contributed by atoms with E-state index in [2.05, 4.69) is 12.2 Å². The molecule has 2 aromatic carbocycles. The number of unbranched alkanes of at least 4 members (excludes halogenated alkanes) is 3. The van der Waals surface area contributed by atoms with E-state index in [-0.39, 0.29) is 5.91 Å². The second kappa shape index (κ2) is 11.0. The predicted octanol–water partition coefficient (Wildman–Crippen LogP) is 4.56. The lowest BCUT2D eigenvalue weighted by Gasteiger charge is -2.11. The van der Waals surface area contributed by atoms with Gasteiger partial charge in [-0.05, 0) is 55.3 Å². The summed E-state index contributed by atoms with van der Waals surface area (Å²) in [7, 11) is 0. The van der Waals surface area contributed by atoms with Gasteiger partial charge in [0.25, 0.3) is 5.91 Å². The highest BCUT2D eigenvalue weighted by Crippen LogP contribution is 2.27. The van der Waals surface area contributed by atoms with Crippen LogP contribution in [0.5, 0.6) is 17.2 Å². The normalized spacial score (nSPS) is 10.4. The number of benzene rings is 2. The van der Waals surface area contributed by atoms with Crippen molar-refractivity contribution in [3.8, 4) is 17.2 Å². The van der Waals surface area contributed by atoms with Gasteiger partial charge in [-0.2, -0.15) is 0 Å². The smallest absolute Gasteiger partial charge is 0.341 e. The minimum Gasteiger partial charge on any atom is -0.482 e. The molecular formula is C22H27NO5. The predicted molar refractivity (Wildman–Crippen MR) is 107 cm³/mol. The van der Waals surface area contributed by atoms with E-state index in [9.17, 15) is 9.59 Å². The Balaban J connectivity index is 1.95. The molecule has 1 amide bonds. The monoisotopic (exact) mass is 385 g/mol. The summed E-state index contributed by atoms with van der Waals surface area (Å²) in [4.78, 5) is 22.9. The lowest BCUT2D eigenvalue weighted by molar-refractivity contribution is -0.139. The van der Waals surface area contributed by atoms with Crippen LogP contribution in [0, 0.1) is 6.92 Å². The van der Waals surface area contributed by atoms with Crippen molar-refractivity contribution in [2.45, 2.75) is 39.5 Å². The molecular weight excluding hydrogens is 358 g/mol. The largest absolute Gasteiger partial charge is 0.482 e. The number of carbonyl (C=O) groups excluding carboxylic acids is 1. The van der Waals surface area contributed by atoms with Gasteiger partial charge in [0.05, 0.1) is 0 Å². The number of carboxylic acids is 1. The van der Waals surface area contributed by atoms with E-state index in [0.29, 0.717) is 29.4 Å². The van der Waals surface area contributed by atoms with E-state index in [1.165, 1.54) is 12.8 Å².